The second kappa shape index (κ2) is 3.37. The van der Waals surface area contributed by atoms with Crippen LogP contribution in [0.1, 0.15) is 6.92 Å². The van der Waals surface area contributed by atoms with Gasteiger partial charge in [-0.3, -0.25) is 4.79 Å². The van der Waals surface area contributed by atoms with Crippen LogP contribution in [-0.4, -0.2) is 25.3 Å². The Labute approximate surface area is 59.6 Å². The predicted molar refractivity (Wildman–Crippen MR) is 35.5 cm³/mol. The van der Waals surface area contributed by atoms with Gasteiger partial charge in [-0.25, -0.2) is 0 Å². The monoisotopic (exact) mass is 142 g/mol. The maximum atomic E-state index is 10.4. The first-order valence-corrected chi connectivity index (χ1v) is 3.20. The molecule has 3 nitrogen and oxygen atoms in total. The fraction of sp³-hybridized carbons (Fsp3) is 0.571. The van der Waals surface area contributed by atoms with Crippen molar-refractivity contribution in [2.45, 2.75) is 13.0 Å². The molecule has 3 heteroatoms. The molecule has 1 rings (SSSR count). The Balaban J connectivity index is 2.33. The highest BCUT2D eigenvalue weighted by Gasteiger charge is 2.10. The molecule has 0 bridgehead atoms. The lowest BCUT2D eigenvalue weighted by Crippen LogP contribution is -2.23. The molecule has 0 aromatic carbocycles. The SMILES string of the molecule is CC(=O)O[C@@H]1C=CCOC1. The van der Waals surface area contributed by atoms with Crippen LogP contribution < -0.4 is 0 Å². The maximum absolute atomic E-state index is 10.4. The Morgan fingerprint density at radius 2 is 2.60 bits per heavy atom. The van der Waals surface area contributed by atoms with Crippen LogP contribution in [0.15, 0.2) is 12.2 Å². The summed E-state index contributed by atoms with van der Waals surface area (Å²) >= 11 is 0. The van der Waals surface area contributed by atoms with Gasteiger partial charge in [-0.2, -0.15) is 0 Å². The fourth-order valence-corrected chi connectivity index (χ4v) is 0.802. The van der Waals surface area contributed by atoms with Crippen LogP contribution in [0, 0.1) is 0 Å². The summed E-state index contributed by atoms with van der Waals surface area (Å²) in [4.78, 5) is 10.4. The predicted octanol–water partition coefficient (Wildman–Crippen LogP) is 0.504. The van der Waals surface area contributed by atoms with E-state index >= 15 is 0 Å². The molecular formula is C7H10O3. The Morgan fingerprint density at radius 1 is 1.80 bits per heavy atom. The molecule has 0 saturated carbocycles. The van der Waals surface area contributed by atoms with Crippen molar-refractivity contribution in [1.82, 2.24) is 0 Å². The number of carbonyl (C=O) groups is 1. The minimum absolute atomic E-state index is 0.175. The molecule has 0 amide bonds. The summed E-state index contributed by atoms with van der Waals surface area (Å²) < 4.78 is 9.86. The summed E-state index contributed by atoms with van der Waals surface area (Å²) in [6.45, 7) is 2.50. The van der Waals surface area contributed by atoms with Crippen molar-refractivity contribution >= 4 is 5.97 Å². The lowest BCUT2D eigenvalue weighted by Gasteiger charge is -2.15. The Bertz CT molecular complexity index is 151. The van der Waals surface area contributed by atoms with Crippen LogP contribution in [0.3, 0.4) is 0 Å². The number of hydrogen-bond donors (Lipinski definition) is 0. The second-order valence-corrected chi connectivity index (χ2v) is 2.11. The Kier molecular flexibility index (Phi) is 2.45. The Hall–Kier alpha value is -0.830. The first-order valence-electron chi connectivity index (χ1n) is 3.20. The van der Waals surface area contributed by atoms with Gasteiger partial charge in [0, 0.05) is 6.92 Å². The summed E-state index contributed by atoms with van der Waals surface area (Å²) in [5.74, 6) is -0.264. The smallest absolute Gasteiger partial charge is 0.303 e. The van der Waals surface area contributed by atoms with E-state index in [1.165, 1.54) is 6.92 Å². The molecule has 1 aliphatic rings. The van der Waals surface area contributed by atoms with Crippen LogP contribution in [0.4, 0.5) is 0 Å². The van der Waals surface area contributed by atoms with Gasteiger partial charge in [-0.05, 0) is 6.08 Å². The molecule has 0 saturated heterocycles. The molecule has 0 aliphatic carbocycles. The van der Waals surface area contributed by atoms with E-state index in [9.17, 15) is 4.79 Å². The van der Waals surface area contributed by atoms with Gasteiger partial charge in [0.2, 0.25) is 0 Å². The third kappa shape index (κ3) is 2.19. The van der Waals surface area contributed by atoms with Gasteiger partial charge in [0.05, 0.1) is 13.2 Å². The molecule has 0 spiro atoms. The van der Waals surface area contributed by atoms with E-state index in [0.717, 1.165) is 0 Å². The van der Waals surface area contributed by atoms with Gasteiger partial charge in [0.15, 0.2) is 0 Å². The van der Waals surface area contributed by atoms with E-state index in [0.29, 0.717) is 13.2 Å². The number of ether oxygens (including phenoxy) is 2. The second-order valence-electron chi connectivity index (χ2n) is 2.11. The average molecular weight is 142 g/mol. The van der Waals surface area contributed by atoms with Crippen molar-refractivity contribution < 1.29 is 14.3 Å². The van der Waals surface area contributed by atoms with Crippen molar-refractivity contribution in [2.75, 3.05) is 13.2 Å². The fourth-order valence-electron chi connectivity index (χ4n) is 0.802. The van der Waals surface area contributed by atoms with E-state index in [1.807, 2.05) is 12.2 Å². The summed E-state index contributed by atoms with van der Waals surface area (Å²) in [5.41, 5.74) is 0. The molecular weight excluding hydrogens is 132 g/mol. The van der Waals surface area contributed by atoms with Gasteiger partial charge in [-0.1, -0.05) is 6.08 Å². The number of carbonyl (C=O) groups excluding carboxylic acids is 1. The number of hydrogen-bond acceptors (Lipinski definition) is 3. The topological polar surface area (TPSA) is 35.5 Å². The summed E-state index contributed by atoms with van der Waals surface area (Å²) in [5, 5.41) is 0. The van der Waals surface area contributed by atoms with Gasteiger partial charge in [0.1, 0.15) is 6.10 Å². The van der Waals surface area contributed by atoms with Crippen molar-refractivity contribution in [1.29, 1.82) is 0 Å². The molecule has 0 aromatic rings. The standard InChI is InChI=1S/C7H10O3/c1-6(8)10-7-3-2-4-9-5-7/h2-3,7H,4-5H2,1H3/t7-/m1/s1. The maximum Gasteiger partial charge on any atom is 0.303 e. The van der Waals surface area contributed by atoms with Crippen LogP contribution in [0.2, 0.25) is 0 Å². The molecule has 0 fully saturated rings. The number of rotatable bonds is 1. The van der Waals surface area contributed by atoms with E-state index in [4.69, 9.17) is 9.47 Å². The highest BCUT2D eigenvalue weighted by Crippen LogP contribution is 2.01. The zero-order chi connectivity index (χ0) is 7.40. The van der Waals surface area contributed by atoms with E-state index in [-0.39, 0.29) is 12.1 Å². The van der Waals surface area contributed by atoms with Crippen LogP contribution in [0.25, 0.3) is 0 Å². The average Bonchev–Trinajstić information content (AvgIpc) is 1.88. The van der Waals surface area contributed by atoms with E-state index < -0.39 is 0 Å². The summed E-state index contributed by atoms with van der Waals surface area (Å²) in [6, 6.07) is 0. The lowest BCUT2D eigenvalue weighted by atomic mass is 10.3. The molecule has 1 aliphatic heterocycles. The van der Waals surface area contributed by atoms with Gasteiger partial charge < -0.3 is 9.47 Å². The van der Waals surface area contributed by atoms with Crippen LogP contribution >= 0.6 is 0 Å². The molecule has 56 valence electrons. The summed E-state index contributed by atoms with van der Waals surface area (Å²) in [7, 11) is 0. The van der Waals surface area contributed by atoms with Crippen molar-refractivity contribution in [3.05, 3.63) is 12.2 Å². The highest BCUT2D eigenvalue weighted by molar-refractivity contribution is 5.66. The highest BCUT2D eigenvalue weighted by atomic mass is 16.6. The molecule has 10 heavy (non-hydrogen) atoms. The molecule has 0 aromatic heterocycles. The van der Waals surface area contributed by atoms with Gasteiger partial charge in [-0.15, -0.1) is 0 Å². The first kappa shape index (κ1) is 7.28. The van der Waals surface area contributed by atoms with Gasteiger partial charge in [0.25, 0.3) is 0 Å². The normalized spacial score (nSPS) is 24.3. The zero-order valence-corrected chi connectivity index (χ0v) is 5.87. The van der Waals surface area contributed by atoms with Crippen molar-refractivity contribution in [3.63, 3.8) is 0 Å². The quantitative estimate of drug-likeness (QED) is 0.395. The lowest BCUT2D eigenvalue weighted by molar-refractivity contribution is -0.146. The third-order valence-electron chi connectivity index (χ3n) is 1.16. The molecule has 1 heterocycles. The first-order chi connectivity index (χ1) is 4.79. The van der Waals surface area contributed by atoms with E-state index in [1.54, 1.807) is 0 Å². The Morgan fingerprint density at radius 3 is 3.10 bits per heavy atom. The van der Waals surface area contributed by atoms with Gasteiger partial charge >= 0.3 is 5.97 Å². The molecule has 1 atom stereocenters. The molecule has 0 unspecified atom stereocenters. The number of esters is 1. The summed E-state index contributed by atoms with van der Waals surface area (Å²) in [6.07, 6.45) is 3.51. The third-order valence-corrected chi connectivity index (χ3v) is 1.16. The van der Waals surface area contributed by atoms with E-state index in [2.05, 4.69) is 0 Å². The van der Waals surface area contributed by atoms with Crippen molar-refractivity contribution in [2.24, 2.45) is 0 Å². The molecule has 0 N–H and O–H groups in total. The minimum Gasteiger partial charge on any atom is -0.456 e. The van der Waals surface area contributed by atoms with Crippen LogP contribution in [-0.2, 0) is 14.3 Å². The zero-order valence-electron chi connectivity index (χ0n) is 5.87. The van der Waals surface area contributed by atoms with Crippen LogP contribution in [0.5, 0.6) is 0 Å². The van der Waals surface area contributed by atoms with Crippen molar-refractivity contribution in [3.8, 4) is 0 Å². The minimum atomic E-state index is -0.264. The largest absolute Gasteiger partial charge is 0.456 e. The molecule has 0 radical (unpaired) electrons.